The Bertz CT molecular complexity index is 689. The summed E-state index contributed by atoms with van der Waals surface area (Å²) in [4.78, 5) is 11.8. The first-order chi connectivity index (χ1) is 10.5. The Morgan fingerprint density at radius 3 is 2.64 bits per heavy atom. The molecule has 6 heteroatoms. The Labute approximate surface area is 133 Å². The van der Waals surface area contributed by atoms with E-state index in [1.807, 2.05) is 6.92 Å². The van der Waals surface area contributed by atoms with Gasteiger partial charge in [-0.1, -0.05) is 17.7 Å². The minimum Gasteiger partial charge on any atom is -0.504 e. The Morgan fingerprint density at radius 1 is 1.18 bits per heavy atom. The smallest absolute Gasteiger partial charge is 0.319 e. The average Bonchev–Trinajstić information content (AvgIpc) is 2.44. The van der Waals surface area contributed by atoms with Gasteiger partial charge in [0.25, 0.3) is 0 Å². The molecule has 22 heavy (non-hydrogen) atoms. The minimum atomic E-state index is -0.331. The number of carbonyl (C=O) groups is 1. The van der Waals surface area contributed by atoms with Crippen LogP contribution in [0.25, 0.3) is 0 Å². The number of benzene rings is 2. The largest absolute Gasteiger partial charge is 0.504 e. The number of hydrogen-bond acceptors (Lipinski definition) is 3. The van der Waals surface area contributed by atoms with Crippen LogP contribution in [0.5, 0.6) is 11.5 Å². The van der Waals surface area contributed by atoms with Crippen molar-refractivity contribution in [3.05, 3.63) is 52.5 Å². The van der Waals surface area contributed by atoms with Crippen molar-refractivity contribution in [1.29, 1.82) is 0 Å². The monoisotopic (exact) mass is 320 g/mol. The van der Waals surface area contributed by atoms with E-state index in [0.717, 1.165) is 11.1 Å². The number of carbonyl (C=O) groups excluding carboxylic acids is 1. The van der Waals surface area contributed by atoms with Crippen molar-refractivity contribution >= 4 is 23.3 Å². The van der Waals surface area contributed by atoms with Gasteiger partial charge in [-0.25, -0.2) is 4.79 Å². The second-order valence-corrected chi connectivity index (χ2v) is 5.35. The van der Waals surface area contributed by atoms with Gasteiger partial charge in [0.15, 0.2) is 11.5 Å². The molecule has 0 fully saturated rings. The molecular formula is C16H17ClN2O3. The fourth-order valence-corrected chi connectivity index (χ4v) is 2.24. The number of aromatic hydroxyl groups is 2. The predicted molar refractivity (Wildman–Crippen MR) is 86.7 cm³/mol. The Hall–Kier alpha value is -2.40. The number of phenolic OH excluding ortho intramolecular Hbond substituents is 2. The molecule has 0 saturated carbocycles. The first-order valence-electron chi connectivity index (χ1n) is 6.77. The van der Waals surface area contributed by atoms with Crippen LogP contribution in [0.2, 0.25) is 5.02 Å². The maximum absolute atomic E-state index is 11.8. The highest BCUT2D eigenvalue weighted by Gasteiger charge is 2.07. The van der Waals surface area contributed by atoms with Gasteiger partial charge < -0.3 is 20.8 Å². The van der Waals surface area contributed by atoms with Crippen molar-refractivity contribution < 1.29 is 15.0 Å². The quantitative estimate of drug-likeness (QED) is 0.651. The molecule has 0 unspecified atom stereocenters. The zero-order chi connectivity index (χ0) is 16.1. The molecular weight excluding hydrogens is 304 g/mol. The molecule has 0 bridgehead atoms. The van der Waals surface area contributed by atoms with Crippen molar-refractivity contribution in [2.45, 2.75) is 13.3 Å². The number of amides is 2. The van der Waals surface area contributed by atoms with Crippen molar-refractivity contribution in [3.8, 4) is 11.5 Å². The number of rotatable bonds is 4. The zero-order valence-electron chi connectivity index (χ0n) is 12.1. The minimum absolute atomic E-state index is 0.145. The zero-order valence-corrected chi connectivity index (χ0v) is 12.8. The molecule has 2 aromatic carbocycles. The van der Waals surface area contributed by atoms with E-state index in [4.69, 9.17) is 11.6 Å². The SMILES string of the molecule is Cc1cc(O)c(O)cc1CCNC(=O)Nc1cccc(Cl)c1. The molecule has 0 aliphatic carbocycles. The molecule has 0 saturated heterocycles. The summed E-state index contributed by atoms with van der Waals surface area (Å²) in [6.07, 6.45) is 0.544. The third-order valence-electron chi connectivity index (χ3n) is 3.20. The van der Waals surface area contributed by atoms with E-state index in [1.165, 1.54) is 12.1 Å². The van der Waals surface area contributed by atoms with Crippen LogP contribution < -0.4 is 10.6 Å². The lowest BCUT2D eigenvalue weighted by atomic mass is 10.0. The molecule has 116 valence electrons. The third kappa shape index (κ3) is 4.30. The van der Waals surface area contributed by atoms with Crippen LogP contribution in [0.3, 0.4) is 0 Å². The lowest BCUT2D eigenvalue weighted by molar-refractivity contribution is 0.252. The van der Waals surface area contributed by atoms with Crippen LogP contribution in [0.1, 0.15) is 11.1 Å². The van der Waals surface area contributed by atoms with E-state index in [9.17, 15) is 15.0 Å². The number of aryl methyl sites for hydroxylation is 1. The number of urea groups is 1. The topological polar surface area (TPSA) is 81.6 Å². The third-order valence-corrected chi connectivity index (χ3v) is 3.43. The van der Waals surface area contributed by atoms with Gasteiger partial charge in [0, 0.05) is 17.3 Å². The maximum Gasteiger partial charge on any atom is 0.319 e. The summed E-state index contributed by atoms with van der Waals surface area (Å²) in [5, 5.41) is 24.8. The summed E-state index contributed by atoms with van der Waals surface area (Å²) >= 11 is 5.84. The van der Waals surface area contributed by atoms with Crippen LogP contribution in [0.4, 0.5) is 10.5 Å². The molecule has 0 aliphatic rings. The molecule has 0 atom stereocenters. The molecule has 2 amide bonds. The molecule has 2 aromatic rings. The van der Waals surface area contributed by atoms with Crippen LogP contribution in [-0.2, 0) is 6.42 Å². The number of nitrogens with one attached hydrogen (secondary N) is 2. The van der Waals surface area contributed by atoms with E-state index < -0.39 is 0 Å². The van der Waals surface area contributed by atoms with Crippen molar-refractivity contribution in [2.75, 3.05) is 11.9 Å². The highest BCUT2D eigenvalue weighted by molar-refractivity contribution is 6.30. The van der Waals surface area contributed by atoms with Gasteiger partial charge in [-0.3, -0.25) is 0 Å². The van der Waals surface area contributed by atoms with Gasteiger partial charge in [-0.05, 0) is 54.8 Å². The second kappa shape index (κ2) is 7.04. The summed E-state index contributed by atoms with van der Waals surface area (Å²) in [6, 6.07) is 9.54. The van der Waals surface area contributed by atoms with Gasteiger partial charge in [0.2, 0.25) is 0 Å². The first-order valence-corrected chi connectivity index (χ1v) is 7.15. The van der Waals surface area contributed by atoms with Crippen molar-refractivity contribution in [1.82, 2.24) is 5.32 Å². The maximum atomic E-state index is 11.8. The predicted octanol–water partition coefficient (Wildman–Crippen LogP) is 3.42. The summed E-state index contributed by atoms with van der Waals surface area (Å²) in [6.45, 7) is 2.23. The standard InChI is InChI=1S/C16H17ClN2O3/c1-10-7-14(20)15(21)8-11(10)5-6-18-16(22)19-13-4-2-3-12(17)9-13/h2-4,7-9,20-21H,5-6H2,1H3,(H2,18,19,22). The molecule has 2 rings (SSSR count). The van der Waals surface area contributed by atoms with Crippen LogP contribution in [-0.4, -0.2) is 22.8 Å². The van der Waals surface area contributed by atoms with Gasteiger partial charge >= 0.3 is 6.03 Å². The Morgan fingerprint density at radius 2 is 1.91 bits per heavy atom. The van der Waals surface area contributed by atoms with E-state index in [0.29, 0.717) is 23.7 Å². The van der Waals surface area contributed by atoms with Gasteiger partial charge in [0.05, 0.1) is 0 Å². The molecule has 4 N–H and O–H groups in total. The fourth-order valence-electron chi connectivity index (χ4n) is 2.05. The highest BCUT2D eigenvalue weighted by Crippen LogP contribution is 2.28. The highest BCUT2D eigenvalue weighted by atomic mass is 35.5. The normalized spacial score (nSPS) is 10.3. The molecule has 5 nitrogen and oxygen atoms in total. The molecule has 0 spiro atoms. The van der Waals surface area contributed by atoms with E-state index >= 15 is 0 Å². The first kappa shape index (κ1) is 16.0. The number of hydrogen-bond donors (Lipinski definition) is 4. The summed E-state index contributed by atoms with van der Waals surface area (Å²) in [5.41, 5.74) is 2.33. The molecule has 0 aromatic heterocycles. The van der Waals surface area contributed by atoms with E-state index in [2.05, 4.69) is 10.6 Å². The number of anilines is 1. The fraction of sp³-hybridized carbons (Fsp3) is 0.188. The lowest BCUT2D eigenvalue weighted by Crippen LogP contribution is -2.30. The van der Waals surface area contributed by atoms with Gasteiger partial charge in [-0.2, -0.15) is 0 Å². The van der Waals surface area contributed by atoms with E-state index in [-0.39, 0.29) is 17.5 Å². The molecule has 0 radical (unpaired) electrons. The van der Waals surface area contributed by atoms with Gasteiger partial charge in [0.1, 0.15) is 0 Å². The van der Waals surface area contributed by atoms with Crippen LogP contribution in [0.15, 0.2) is 36.4 Å². The number of halogens is 1. The Balaban J connectivity index is 1.86. The number of phenols is 2. The van der Waals surface area contributed by atoms with Crippen molar-refractivity contribution in [2.24, 2.45) is 0 Å². The average molecular weight is 321 g/mol. The summed E-state index contributed by atoms with van der Waals surface area (Å²) in [7, 11) is 0. The summed E-state index contributed by atoms with van der Waals surface area (Å²) in [5.74, 6) is -0.308. The second-order valence-electron chi connectivity index (χ2n) is 4.91. The lowest BCUT2D eigenvalue weighted by Gasteiger charge is -2.10. The van der Waals surface area contributed by atoms with Gasteiger partial charge in [-0.15, -0.1) is 0 Å². The molecule has 0 heterocycles. The van der Waals surface area contributed by atoms with E-state index in [1.54, 1.807) is 24.3 Å². The van der Waals surface area contributed by atoms with Crippen molar-refractivity contribution in [3.63, 3.8) is 0 Å². The Kier molecular flexibility index (Phi) is 5.12. The van der Waals surface area contributed by atoms with Crippen LogP contribution in [0, 0.1) is 6.92 Å². The molecule has 0 aliphatic heterocycles. The van der Waals surface area contributed by atoms with Crippen LogP contribution >= 0.6 is 11.6 Å². The summed E-state index contributed by atoms with van der Waals surface area (Å²) < 4.78 is 0.